The molecule has 1 heteroatoms. The monoisotopic (exact) mass is 265 g/mol. The Balaban J connectivity index is 1.65. The summed E-state index contributed by atoms with van der Waals surface area (Å²) in [5.74, 6) is 0. The van der Waals surface area contributed by atoms with Crippen molar-refractivity contribution in [1.82, 2.24) is 4.90 Å². The van der Waals surface area contributed by atoms with Gasteiger partial charge in [0.2, 0.25) is 0 Å². The maximum absolute atomic E-state index is 2.79. The summed E-state index contributed by atoms with van der Waals surface area (Å²) in [6, 6.07) is 12.4. The van der Waals surface area contributed by atoms with Crippen LogP contribution in [0.3, 0.4) is 0 Å². The van der Waals surface area contributed by atoms with Crippen LogP contribution in [0.1, 0.15) is 44.1 Å². The molecular weight excluding hydrogens is 242 g/mol. The van der Waals surface area contributed by atoms with Crippen LogP contribution >= 0.6 is 0 Å². The topological polar surface area (TPSA) is 3.24 Å². The second-order valence-electron chi connectivity index (χ2n) is 6.44. The summed E-state index contributed by atoms with van der Waals surface area (Å²) in [4.78, 5) is 2.79. The Kier molecular flexibility index (Phi) is 3.23. The van der Waals surface area contributed by atoms with Gasteiger partial charge in [0.25, 0.3) is 0 Å². The zero-order chi connectivity index (χ0) is 13.4. The highest BCUT2D eigenvalue weighted by atomic mass is 15.2. The van der Waals surface area contributed by atoms with E-state index in [1.165, 1.54) is 44.1 Å². The fraction of sp³-hybridized carbons (Fsp3) is 0.474. The Morgan fingerprint density at radius 1 is 1.00 bits per heavy atom. The average molecular weight is 265 g/mol. The van der Waals surface area contributed by atoms with Crippen molar-refractivity contribution in [1.29, 1.82) is 0 Å². The van der Waals surface area contributed by atoms with Crippen molar-refractivity contribution < 1.29 is 0 Å². The van der Waals surface area contributed by atoms with E-state index in [1.807, 2.05) is 0 Å². The van der Waals surface area contributed by atoms with E-state index in [1.54, 1.807) is 11.1 Å². The van der Waals surface area contributed by atoms with Gasteiger partial charge in [0.05, 0.1) is 0 Å². The predicted molar refractivity (Wildman–Crippen MR) is 83.4 cm³/mol. The number of hydrogen-bond donors (Lipinski definition) is 0. The van der Waals surface area contributed by atoms with E-state index in [0.717, 1.165) is 6.54 Å². The average Bonchev–Trinajstić information content (AvgIpc) is 2.96. The molecule has 0 unspecified atom stereocenters. The van der Waals surface area contributed by atoms with Crippen LogP contribution in [0, 0.1) is 0 Å². The van der Waals surface area contributed by atoms with Crippen LogP contribution in [-0.4, -0.2) is 17.0 Å². The molecule has 1 aromatic carbocycles. The summed E-state index contributed by atoms with van der Waals surface area (Å²) in [5, 5.41) is 0. The lowest BCUT2D eigenvalue weighted by atomic mass is 9.82. The van der Waals surface area contributed by atoms with Crippen LogP contribution in [0.25, 0.3) is 0 Å². The Morgan fingerprint density at radius 3 is 2.80 bits per heavy atom. The fourth-order valence-electron chi connectivity index (χ4n) is 4.23. The number of allylic oxidation sites excluding steroid dienone is 1. The van der Waals surface area contributed by atoms with Gasteiger partial charge in [-0.3, -0.25) is 4.90 Å². The van der Waals surface area contributed by atoms with Crippen LogP contribution in [0.5, 0.6) is 0 Å². The Bertz CT molecular complexity index is 540. The number of nitrogens with zero attached hydrogens (tertiary/aromatic N) is 1. The first-order valence-electron chi connectivity index (χ1n) is 8.12. The van der Waals surface area contributed by atoms with Gasteiger partial charge in [0.15, 0.2) is 0 Å². The lowest BCUT2D eigenvalue weighted by molar-refractivity contribution is 0.137. The lowest BCUT2D eigenvalue weighted by Crippen LogP contribution is -2.47. The summed E-state index contributed by atoms with van der Waals surface area (Å²) in [6.07, 6.45) is 13.1. The Hall–Kier alpha value is -1.34. The smallest absolute Gasteiger partial charge is 0.0357 e. The molecule has 1 aromatic rings. The maximum atomic E-state index is 2.79. The predicted octanol–water partition coefficient (Wildman–Crippen LogP) is 4.46. The van der Waals surface area contributed by atoms with Crippen molar-refractivity contribution in [3.8, 4) is 0 Å². The molecule has 3 aliphatic rings. The molecule has 0 spiro atoms. The SMILES string of the molecule is C1=C2C=C3CCCC[C@H]3N(Cc3ccccc3)[C@@H]2CC1. The minimum absolute atomic E-state index is 0.682. The molecule has 2 aliphatic carbocycles. The summed E-state index contributed by atoms with van der Waals surface area (Å²) >= 11 is 0. The summed E-state index contributed by atoms with van der Waals surface area (Å²) in [7, 11) is 0. The molecule has 0 amide bonds. The molecule has 1 saturated carbocycles. The molecule has 20 heavy (non-hydrogen) atoms. The van der Waals surface area contributed by atoms with Crippen molar-refractivity contribution in [3.05, 3.63) is 59.2 Å². The van der Waals surface area contributed by atoms with Crippen molar-refractivity contribution >= 4 is 0 Å². The molecule has 1 aliphatic heterocycles. The van der Waals surface area contributed by atoms with E-state index in [4.69, 9.17) is 0 Å². The summed E-state index contributed by atoms with van der Waals surface area (Å²) < 4.78 is 0. The van der Waals surface area contributed by atoms with Crippen molar-refractivity contribution in [2.75, 3.05) is 0 Å². The van der Waals surface area contributed by atoms with Gasteiger partial charge in [-0.15, -0.1) is 0 Å². The van der Waals surface area contributed by atoms with Crippen molar-refractivity contribution in [3.63, 3.8) is 0 Å². The summed E-state index contributed by atoms with van der Waals surface area (Å²) in [6.45, 7) is 1.12. The number of hydrogen-bond acceptors (Lipinski definition) is 1. The maximum Gasteiger partial charge on any atom is 0.0357 e. The van der Waals surface area contributed by atoms with E-state index in [-0.39, 0.29) is 0 Å². The molecule has 0 saturated heterocycles. The molecule has 1 fully saturated rings. The van der Waals surface area contributed by atoms with Gasteiger partial charge < -0.3 is 0 Å². The molecule has 0 N–H and O–H groups in total. The van der Waals surface area contributed by atoms with E-state index in [9.17, 15) is 0 Å². The molecule has 0 radical (unpaired) electrons. The van der Waals surface area contributed by atoms with Crippen molar-refractivity contribution in [2.45, 2.75) is 57.2 Å². The largest absolute Gasteiger partial charge is 0.285 e. The first-order chi connectivity index (χ1) is 9.92. The highest BCUT2D eigenvalue weighted by molar-refractivity contribution is 5.39. The minimum Gasteiger partial charge on any atom is -0.285 e. The quantitative estimate of drug-likeness (QED) is 0.763. The molecule has 1 heterocycles. The van der Waals surface area contributed by atoms with Crippen LogP contribution in [0.2, 0.25) is 0 Å². The molecule has 4 rings (SSSR count). The number of fused-ring (bicyclic) bond motifs is 2. The number of benzene rings is 1. The van der Waals surface area contributed by atoms with Gasteiger partial charge in [-0.05, 0) is 43.2 Å². The first kappa shape index (κ1) is 12.4. The van der Waals surface area contributed by atoms with Gasteiger partial charge in [-0.25, -0.2) is 0 Å². The van der Waals surface area contributed by atoms with Crippen LogP contribution in [0.15, 0.2) is 53.6 Å². The fourth-order valence-corrected chi connectivity index (χ4v) is 4.23. The van der Waals surface area contributed by atoms with Gasteiger partial charge >= 0.3 is 0 Å². The normalized spacial score (nSPS) is 29.4. The molecular formula is C19H23N. The number of rotatable bonds is 2. The zero-order valence-corrected chi connectivity index (χ0v) is 12.1. The van der Waals surface area contributed by atoms with Gasteiger partial charge in [-0.1, -0.05) is 54.5 Å². The summed E-state index contributed by atoms with van der Waals surface area (Å²) in [5.41, 5.74) is 4.77. The molecule has 104 valence electrons. The first-order valence-corrected chi connectivity index (χ1v) is 8.12. The lowest BCUT2D eigenvalue weighted by Gasteiger charge is -2.44. The van der Waals surface area contributed by atoms with E-state index in [2.05, 4.69) is 47.4 Å². The molecule has 2 atom stereocenters. The van der Waals surface area contributed by atoms with Gasteiger partial charge in [-0.2, -0.15) is 0 Å². The second kappa shape index (κ2) is 5.21. The second-order valence-corrected chi connectivity index (χ2v) is 6.44. The zero-order valence-electron chi connectivity index (χ0n) is 12.1. The van der Waals surface area contributed by atoms with Crippen molar-refractivity contribution in [2.24, 2.45) is 0 Å². The van der Waals surface area contributed by atoms with Gasteiger partial charge in [0.1, 0.15) is 0 Å². The van der Waals surface area contributed by atoms with Crippen LogP contribution < -0.4 is 0 Å². The molecule has 0 bridgehead atoms. The molecule has 0 aromatic heterocycles. The highest BCUT2D eigenvalue weighted by Gasteiger charge is 2.37. The van der Waals surface area contributed by atoms with E-state index >= 15 is 0 Å². The van der Waals surface area contributed by atoms with E-state index < -0.39 is 0 Å². The standard InChI is InChI=1S/C19H23N/c1-2-7-15(8-3-1)14-20-18-11-5-4-9-16(18)13-17-10-6-12-19(17)20/h1-3,7-8,10,13,18-19H,4-6,9,11-12,14H2/t18-,19-/m1/s1. The van der Waals surface area contributed by atoms with Gasteiger partial charge in [0, 0.05) is 18.6 Å². The highest BCUT2D eigenvalue weighted by Crippen LogP contribution is 2.40. The Labute approximate surface area is 122 Å². The minimum atomic E-state index is 0.682. The molecule has 1 nitrogen and oxygen atoms in total. The third kappa shape index (κ3) is 2.14. The third-order valence-electron chi connectivity index (χ3n) is 5.19. The van der Waals surface area contributed by atoms with E-state index in [0.29, 0.717) is 12.1 Å². The van der Waals surface area contributed by atoms with Crippen LogP contribution in [0.4, 0.5) is 0 Å². The Morgan fingerprint density at radius 2 is 1.90 bits per heavy atom. The van der Waals surface area contributed by atoms with Crippen LogP contribution in [-0.2, 0) is 6.54 Å². The third-order valence-corrected chi connectivity index (χ3v) is 5.19.